The van der Waals surface area contributed by atoms with Gasteiger partial charge in [-0.1, -0.05) is 6.07 Å². The Bertz CT molecular complexity index is 669. The van der Waals surface area contributed by atoms with Crippen LogP contribution in [0.15, 0.2) is 36.7 Å². The summed E-state index contributed by atoms with van der Waals surface area (Å²) in [6.45, 7) is 2.07. The number of nitrogens with one attached hydrogen (secondary N) is 1. The highest BCUT2D eigenvalue weighted by atomic mass is 16.5. The first-order valence-electron chi connectivity index (χ1n) is 7.28. The van der Waals surface area contributed by atoms with E-state index in [0.29, 0.717) is 11.4 Å². The average molecular weight is 298 g/mol. The molecule has 0 saturated carbocycles. The van der Waals surface area contributed by atoms with Gasteiger partial charge in [0.1, 0.15) is 18.0 Å². The topological polar surface area (TPSA) is 67.3 Å². The van der Waals surface area contributed by atoms with Crippen molar-refractivity contribution in [1.82, 2.24) is 9.97 Å². The Balaban J connectivity index is 1.78. The number of esters is 1. The summed E-state index contributed by atoms with van der Waals surface area (Å²) >= 11 is 0. The van der Waals surface area contributed by atoms with Gasteiger partial charge in [0.05, 0.1) is 12.7 Å². The first kappa shape index (κ1) is 14.3. The Morgan fingerprint density at radius 2 is 2.05 bits per heavy atom. The van der Waals surface area contributed by atoms with E-state index in [0.717, 1.165) is 24.6 Å². The van der Waals surface area contributed by atoms with Gasteiger partial charge in [-0.2, -0.15) is 0 Å². The highest BCUT2D eigenvalue weighted by molar-refractivity contribution is 5.90. The zero-order valence-electron chi connectivity index (χ0n) is 12.5. The van der Waals surface area contributed by atoms with E-state index in [4.69, 9.17) is 4.74 Å². The lowest BCUT2D eigenvalue weighted by Crippen LogP contribution is -2.19. The second-order valence-electron chi connectivity index (χ2n) is 5.15. The predicted octanol–water partition coefficient (Wildman–Crippen LogP) is 2.61. The van der Waals surface area contributed by atoms with E-state index in [1.54, 1.807) is 24.5 Å². The molecule has 0 atom stereocenters. The van der Waals surface area contributed by atoms with E-state index in [1.807, 2.05) is 12.1 Å². The highest BCUT2D eigenvalue weighted by Gasteiger charge is 2.14. The van der Waals surface area contributed by atoms with Crippen LogP contribution in [-0.2, 0) is 4.74 Å². The minimum atomic E-state index is -0.357. The zero-order valence-corrected chi connectivity index (χ0v) is 12.5. The Morgan fingerprint density at radius 3 is 2.82 bits per heavy atom. The molecule has 0 aliphatic carbocycles. The molecule has 1 aliphatic heterocycles. The molecule has 0 bridgehead atoms. The van der Waals surface area contributed by atoms with Gasteiger partial charge in [-0.25, -0.2) is 14.8 Å². The standard InChI is InChI=1S/C16H18N4O2/c1-22-16(21)12-5-4-6-13(9-12)19-14-10-15(18-11-17-14)20-7-2-3-8-20/h4-6,9-11H,2-3,7-8H2,1H3,(H,17,18,19). The van der Waals surface area contributed by atoms with Crippen LogP contribution in [0.2, 0.25) is 0 Å². The summed E-state index contributed by atoms with van der Waals surface area (Å²) in [6, 6.07) is 9.06. The number of hydrogen-bond donors (Lipinski definition) is 1. The molecule has 6 nitrogen and oxygen atoms in total. The van der Waals surface area contributed by atoms with Crippen LogP contribution in [0.1, 0.15) is 23.2 Å². The second kappa shape index (κ2) is 6.43. The third-order valence-electron chi connectivity index (χ3n) is 3.64. The Labute approximate surface area is 129 Å². The minimum absolute atomic E-state index is 0.357. The van der Waals surface area contributed by atoms with E-state index in [9.17, 15) is 4.79 Å². The fourth-order valence-electron chi connectivity index (χ4n) is 2.52. The monoisotopic (exact) mass is 298 g/mol. The number of carbonyl (C=O) groups excluding carboxylic acids is 1. The number of methoxy groups -OCH3 is 1. The van der Waals surface area contributed by atoms with Crippen molar-refractivity contribution in [3.63, 3.8) is 0 Å². The minimum Gasteiger partial charge on any atom is -0.465 e. The zero-order chi connectivity index (χ0) is 15.4. The number of benzene rings is 1. The lowest BCUT2D eigenvalue weighted by atomic mass is 10.2. The maximum Gasteiger partial charge on any atom is 0.337 e. The van der Waals surface area contributed by atoms with Gasteiger partial charge in [0.2, 0.25) is 0 Å². The van der Waals surface area contributed by atoms with Gasteiger partial charge in [0, 0.05) is 24.8 Å². The largest absolute Gasteiger partial charge is 0.465 e. The molecule has 1 aromatic heterocycles. The molecule has 114 valence electrons. The van der Waals surface area contributed by atoms with E-state index in [1.165, 1.54) is 20.0 Å². The van der Waals surface area contributed by atoms with Crippen LogP contribution in [-0.4, -0.2) is 36.1 Å². The van der Waals surface area contributed by atoms with Crippen LogP contribution in [0, 0.1) is 0 Å². The van der Waals surface area contributed by atoms with Crippen LogP contribution in [0.4, 0.5) is 17.3 Å². The van der Waals surface area contributed by atoms with Gasteiger partial charge in [0.15, 0.2) is 0 Å². The van der Waals surface area contributed by atoms with Gasteiger partial charge in [0.25, 0.3) is 0 Å². The summed E-state index contributed by atoms with van der Waals surface area (Å²) in [5.74, 6) is 1.28. The molecule has 1 aromatic carbocycles. The number of hydrogen-bond acceptors (Lipinski definition) is 6. The SMILES string of the molecule is COC(=O)c1cccc(Nc2cc(N3CCCC3)ncn2)c1. The first-order valence-corrected chi connectivity index (χ1v) is 7.28. The molecule has 1 fully saturated rings. The summed E-state index contributed by atoms with van der Waals surface area (Å²) in [6.07, 6.45) is 3.96. The van der Waals surface area contributed by atoms with Crippen molar-refractivity contribution >= 4 is 23.3 Å². The summed E-state index contributed by atoms with van der Waals surface area (Å²) in [7, 11) is 1.37. The first-order chi connectivity index (χ1) is 10.8. The lowest BCUT2D eigenvalue weighted by Gasteiger charge is -2.16. The highest BCUT2D eigenvalue weighted by Crippen LogP contribution is 2.22. The number of anilines is 3. The number of aromatic nitrogens is 2. The third kappa shape index (κ3) is 3.16. The predicted molar refractivity (Wildman–Crippen MR) is 84.5 cm³/mol. The number of carbonyl (C=O) groups is 1. The van der Waals surface area contributed by atoms with Crippen LogP contribution < -0.4 is 10.2 Å². The second-order valence-corrected chi connectivity index (χ2v) is 5.15. The van der Waals surface area contributed by atoms with Crippen LogP contribution in [0.5, 0.6) is 0 Å². The molecular weight excluding hydrogens is 280 g/mol. The normalized spacial score (nSPS) is 14.0. The average Bonchev–Trinajstić information content (AvgIpc) is 3.09. The molecule has 22 heavy (non-hydrogen) atoms. The van der Waals surface area contributed by atoms with Crippen LogP contribution in [0.25, 0.3) is 0 Å². The molecule has 2 heterocycles. The fourth-order valence-corrected chi connectivity index (χ4v) is 2.52. The van der Waals surface area contributed by atoms with Crippen molar-refractivity contribution in [3.8, 4) is 0 Å². The summed E-state index contributed by atoms with van der Waals surface area (Å²) in [5.41, 5.74) is 1.29. The van der Waals surface area contributed by atoms with Gasteiger partial charge < -0.3 is 15.0 Å². The van der Waals surface area contributed by atoms with Gasteiger partial charge in [-0.3, -0.25) is 0 Å². The molecule has 1 saturated heterocycles. The summed E-state index contributed by atoms with van der Waals surface area (Å²) in [5, 5.41) is 3.20. The quantitative estimate of drug-likeness (QED) is 0.875. The van der Waals surface area contributed by atoms with Crippen molar-refractivity contribution < 1.29 is 9.53 Å². The van der Waals surface area contributed by atoms with Crippen molar-refractivity contribution in [3.05, 3.63) is 42.2 Å². The van der Waals surface area contributed by atoms with E-state index in [2.05, 4.69) is 20.2 Å². The van der Waals surface area contributed by atoms with Crippen molar-refractivity contribution in [2.45, 2.75) is 12.8 Å². The molecule has 6 heteroatoms. The van der Waals surface area contributed by atoms with E-state index >= 15 is 0 Å². The summed E-state index contributed by atoms with van der Waals surface area (Å²) in [4.78, 5) is 22.4. The Morgan fingerprint density at radius 1 is 1.23 bits per heavy atom. The van der Waals surface area contributed by atoms with E-state index in [-0.39, 0.29) is 5.97 Å². The molecule has 0 amide bonds. The lowest BCUT2D eigenvalue weighted by molar-refractivity contribution is 0.0601. The smallest absolute Gasteiger partial charge is 0.337 e. The Hall–Kier alpha value is -2.63. The molecule has 0 spiro atoms. The van der Waals surface area contributed by atoms with Gasteiger partial charge in [-0.15, -0.1) is 0 Å². The molecule has 0 radical (unpaired) electrons. The maximum atomic E-state index is 11.6. The van der Waals surface area contributed by atoms with Gasteiger partial charge >= 0.3 is 5.97 Å². The maximum absolute atomic E-state index is 11.6. The molecule has 0 unspecified atom stereocenters. The number of ether oxygens (including phenoxy) is 1. The van der Waals surface area contributed by atoms with Crippen LogP contribution >= 0.6 is 0 Å². The molecule has 3 rings (SSSR count). The Kier molecular flexibility index (Phi) is 4.18. The molecular formula is C16H18N4O2. The molecule has 2 aromatic rings. The number of rotatable bonds is 4. The van der Waals surface area contributed by atoms with Crippen molar-refractivity contribution in [1.29, 1.82) is 0 Å². The molecule has 1 aliphatic rings. The fraction of sp³-hybridized carbons (Fsp3) is 0.312. The number of nitrogens with zero attached hydrogens (tertiary/aromatic N) is 3. The summed E-state index contributed by atoms with van der Waals surface area (Å²) < 4.78 is 4.73. The van der Waals surface area contributed by atoms with Crippen LogP contribution in [0.3, 0.4) is 0 Å². The van der Waals surface area contributed by atoms with E-state index < -0.39 is 0 Å². The molecule has 1 N–H and O–H groups in total. The van der Waals surface area contributed by atoms with Crippen molar-refractivity contribution in [2.24, 2.45) is 0 Å². The third-order valence-corrected chi connectivity index (χ3v) is 3.64. The van der Waals surface area contributed by atoms with Crippen molar-refractivity contribution in [2.75, 3.05) is 30.4 Å². The van der Waals surface area contributed by atoms with Gasteiger partial charge in [-0.05, 0) is 31.0 Å².